The topological polar surface area (TPSA) is 257 Å². The van der Waals surface area contributed by atoms with Gasteiger partial charge in [-0.15, -0.1) is 0 Å². The minimum Gasteiger partial charge on any atom is -0.444 e. The van der Waals surface area contributed by atoms with Crippen molar-refractivity contribution in [1.82, 2.24) is 26.6 Å². The van der Waals surface area contributed by atoms with E-state index in [1.807, 2.05) is 30.3 Å². The maximum absolute atomic E-state index is 14.3. The average Bonchev–Trinajstić information content (AvgIpc) is 3.07. The number of carbonyl (C=O) groups is 5. The molecule has 4 aliphatic rings. The number of hydrogen-bond donors (Lipinski definition) is 9. The second kappa shape index (κ2) is 19.3. The Kier molecular flexibility index (Phi) is 15.1. The Hall–Kier alpha value is -4.40. The lowest BCUT2D eigenvalue weighted by molar-refractivity contribution is -0.134. The van der Waals surface area contributed by atoms with Crippen LogP contribution in [0.15, 0.2) is 30.3 Å². The number of amides is 5. The average molecular weight is 754 g/mol. The van der Waals surface area contributed by atoms with E-state index in [1.54, 1.807) is 20.8 Å². The molecule has 5 amide bonds. The molecule has 54 heavy (non-hydrogen) atoms. The van der Waals surface area contributed by atoms with Crippen LogP contribution in [0.5, 0.6) is 0 Å². The minimum atomic E-state index is -1.12. The maximum Gasteiger partial charge on any atom is 0.408 e. The van der Waals surface area contributed by atoms with Crippen molar-refractivity contribution in [3.63, 3.8) is 0 Å². The molecule has 0 radical (unpaired) electrons. The van der Waals surface area contributed by atoms with Crippen LogP contribution in [0, 0.1) is 28.6 Å². The molecule has 4 saturated carbocycles. The minimum absolute atomic E-state index is 0.0884. The molecule has 1 aromatic rings. The zero-order valence-electron chi connectivity index (χ0n) is 32.2. The van der Waals surface area contributed by atoms with Gasteiger partial charge in [0.05, 0.1) is 0 Å². The number of primary amides is 1. The summed E-state index contributed by atoms with van der Waals surface area (Å²) < 4.78 is 5.58. The maximum atomic E-state index is 14.3. The molecule has 0 spiro atoms. The third-order valence-electron chi connectivity index (χ3n) is 11.0. The molecule has 15 heteroatoms. The van der Waals surface area contributed by atoms with Crippen molar-refractivity contribution < 1.29 is 28.7 Å². The van der Waals surface area contributed by atoms with Crippen LogP contribution in [0.3, 0.4) is 0 Å². The van der Waals surface area contributed by atoms with Gasteiger partial charge < -0.3 is 48.5 Å². The van der Waals surface area contributed by atoms with E-state index >= 15 is 0 Å². The highest BCUT2D eigenvalue weighted by atomic mass is 16.6. The fraction of sp³-hybridized carbons (Fsp3) is 0.692. The first kappa shape index (κ1) is 42.3. The van der Waals surface area contributed by atoms with Crippen LogP contribution in [0.25, 0.3) is 0 Å². The highest BCUT2D eigenvalue weighted by molar-refractivity contribution is 5.95. The number of rotatable bonds is 20. The van der Waals surface area contributed by atoms with Crippen LogP contribution in [-0.4, -0.2) is 78.5 Å². The zero-order chi connectivity index (χ0) is 39.5. The molecule has 0 aromatic heterocycles. The molecule has 5 rings (SSSR count). The molecule has 1 aromatic carbocycles. The fourth-order valence-corrected chi connectivity index (χ4v) is 9.08. The third-order valence-corrected chi connectivity index (χ3v) is 11.0. The molecule has 4 atom stereocenters. The Morgan fingerprint density at radius 2 is 1.31 bits per heavy atom. The number of carbonyl (C=O) groups excluding carboxylic acids is 5. The van der Waals surface area contributed by atoms with Crippen LogP contribution < -0.4 is 43.8 Å². The summed E-state index contributed by atoms with van der Waals surface area (Å²) in [4.78, 5) is 67.7. The summed E-state index contributed by atoms with van der Waals surface area (Å²) in [5.41, 5.74) is 16.6. The van der Waals surface area contributed by atoms with Crippen molar-refractivity contribution in [1.29, 1.82) is 5.41 Å². The van der Waals surface area contributed by atoms with Crippen LogP contribution in [0.2, 0.25) is 0 Å². The van der Waals surface area contributed by atoms with Gasteiger partial charge in [0.2, 0.25) is 23.6 Å². The second-order valence-corrected chi connectivity index (χ2v) is 16.9. The molecule has 4 aliphatic carbocycles. The SMILES string of the molecule is CC(C)(C)OC(=O)N[C@@H](CC12CC3CC(CC(C3)C1)C2)C(=O)N[C@H](CCCNC(=N)N)C(=O)N[C@@H](Cc1ccccc1)C(=O)N[C@@H](CCCCN)C(N)=O. The van der Waals surface area contributed by atoms with E-state index in [0.29, 0.717) is 56.4 Å². The first-order valence-corrected chi connectivity index (χ1v) is 19.6. The molecular formula is C39H63N9O6. The number of unbranched alkanes of at least 4 members (excludes halogenated alkanes) is 1. The fourth-order valence-electron chi connectivity index (χ4n) is 9.08. The molecule has 12 N–H and O–H groups in total. The summed E-state index contributed by atoms with van der Waals surface area (Å²) in [6, 6.07) is 4.96. The van der Waals surface area contributed by atoms with E-state index in [-0.39, 0.29) is 30.8 Å². The Bertz CT molecular complexity index is 1430. The van der Waals surface area contributed by atoms with E-state index in [0.717, 1.165) is 24.8 Å². The summed E-state index contributed by atoms with van der Waals surface area (Å²) >= 11 is 0. The summed E-state index contributed by atoms with van der Waals surface area (Å²) in [5.74, 6) is -0.800. The van der Waals surface area contributed by atoms with Gasteiger partial charge in [0.25, 0.3) is 0 Å². The van der Waals surface area contributed by atoms with Crippen molar-refractivity contribution in [2.45, 2.75) is 134 Å². The number of nitrogens with two attached hydrogens (primary N) is 3. The van der Waals surface area contributed by atoms with Gasteiger partial charge in [-0.2, -0.15) is 0 Å². The quantitative estimate of drug-likeness (QED) is 0.0536. The summed E-state index contributed by atoms with van der Waals surface area (Å²) in [7, 11) is 0. The van der Waals surface area contributed by atoms with Gasteiger partial charge in [-0.25, -0.2) is 4.79 Å². The normalized spacial score (nSPS) is 23.6. The summed E-state index contributed by atoms with van der Waals surface area (Å²) in [5, 5.41) is 21.5. The lowest BCUT2D eigenvalue weighted by atomic mass is 9.48. The van der Waals surface area contributed by atoms with Crippen LogP contribution >= 0.6 is 0 Å². The van der Waals surface area contributed by atoms with Gasteiger partial charge in [0, 0.05) is 13.0 Å². The van der Waals surface area contributed by atoms with Crippen molar-refractivity contribution >= 4 is 35.7 Å². The third kappa shape index (κ3) is 13.2. The Balaban J connectivity index is 1.56. The highest BCUT2D eigenvalue weighted by Crippen LogP contribution is 2.61. The van der Waals surface area contributed by atoms with Crippen LogP contribution in [0.1, 0.15) is 103 Å². The largest absolute Gasteiger partial charge is 0.444 e. The Labute approximate surface area is 319 Å². The van der Waals surface area contributed by atoms with Crippen LogP contribution in [-0.2, 0) is 30.3 Å². The predicted molar refractivity (Wildman–Crippen MR) is 206 cm³/mol. The molecule has 0 unspecified atom stereocenters. The van der Waals surface area contributed by atoms with E-state index in [1.165, 1.54) is 19.3 Å². The van der Waals surface area contributed by atoms with Crippen molar-refractivity contribution in [2.75, 3.05) is 13.1 Å². The van der Waals surface area contributed by atoms with Gasteiger partial charge >= 0.3 is 6.09 Å². The first-order chi connectivity index (χ1) is 25.5. The number of alkyl carbamates (subject to hydrolysis) is 1. The van der Waals surface area contributed by atoms with E-state index in [4.69, 9.17) is 27.3 Å². The van der Waals surface area contributed by atoms with Gasteiger partial charge in [0.15, 0.2) is 5.96 Å². The van der Waals surface area contributed by atoms with Crippen molar-refractivity contribution in [3.05, 3.63) is 35.9 Å². The van der Waals surface area contributed by atoms with Gasteiger partial charge in [0.1, 0.15) is 29.8 Å². The van der Waals surface area contributed by atoms with E-state index in [9.17, 15) is 24.0 Å². The molecule has 0 heterocycles. The predicted octanol–water partition coefficient (Wildman–Crippen LogP) is 2.06. The monoisotopic (exact) mass is 753 g/mol. The lowest BCUT2D eigenvalue weighted by Crippen LogP contribution is -2.59. The van der Waals surface area contributed by atoms with Gasteiger partial charge in [-0.3, -0.25) is 24.6 Å². The molecule has 15 nitrogen and oxygen atoms in total. The molecular weight excluding hydrogens is 690 g/mol. The molecule has 0 saturated heterocycles. The standard InChI is InChI=1S/C39H63N9O6/c1-38(2,3)54-37(53)48-31(23-39-20-25-16-26(21-39)18-27(17-25)22-39)35(52)46-29(13-9-15-44-36(42)43)33(50)47-30(19-24-10-5-4-6-11-24)34(51)45-28(32(41)49)12-7-8-14-40/h4-6,10-11,25-31H,7-9,12-23,40H2,1-3H3,(H2,41,49)(H,45,51)(H,46,52)(H,47,50)(H,48,53)(H4,42,43,44)/t25?,26?,27?,28-,29+,30-,31-,39?/m0/s1. The highest BCUT2D eigenvalue weighted by Gasteiger charge is 2.52. The molecule has 0 aliphatic heterocycles. The molecule has 300 valence electrons. The second-order valence-electron chi connectivity index (χ2n) is 16.9. The summed E-state index contributed by atoms with van der Waals surface area (Å²) in [6.45, 7) is 5.95. The number of ether oxygens (including phenoxy) is 1. The van der Waals surface area contributed by atoms with E-state index < -0.39 is 59.5 Å². The smallest absolute Gasteiger partial charge is 0.408 e. The molecule has 4 bridgehead atoms. The number of benzene rings is 1. The van der Waals surface area contributed by atoms with Crippen molar-refractivity contribution in [3.8, 4) is 0 Å². The number of nitrogens with one attached hydrogen (secondary N) is 6. The van der Waals surface area contributed by atoms with Crippen molar-refractivity contribution in [2.24, 2.45) is 40.4 Å². The Morgan fingerprint density at radius 1 is 0.778 bits per heavy atom. The Morgan fingerprint density at radius 3 is 1.87 bits per heavy atom. The van der Waals surface area contributed by atoms with Gasteiger partial charge in [-0.05, 0) is 133 Å². The molecule has 4 fully saturated rings. The zero-order valence-corrected chi connectivity index (χ0v) is 32.2. The first-order valence-electron chi connectivity index (χ1n) is 19.6. The number of guanidine groups is 1. The summed E-state index contributed by atoms with van der Waals surface area (Å²) in [6.07, 6.45) is 8.50. The lowest BCUT2D eigenvalue weighted by Gasteiger charge is -2.57. The van der Waals surface area contributed by atoms with Gasteiger partial charge in [-0.1, -0.05) is 30.3 Å². The number of hydrogen-bond acceptors (Lipinski definition) is 8. The van der Waals surface area contributed by atoms with E-state index in [2.05, 4.69) is 26.6 Å². The van der Waals surface area contributed by atoms with Crippen LogP contribution in [0.4, 0.5) is 4.79 Å².